The Morgan fingerprint density at radius 3 is 1.56 bits per heavy atom. The van der Waals surface area contributed by atoms with Gasteiger partial charge in [-0.15, -0.1) is 0 Å². The van der Waals surface area contributed by atoms with Gasteiger partial charge in [0.1, 0.15) is 0 Å². The lowest BCUT2D eigenvalue weighted by atomic mass is 9.65. The first-order valence-corrected chi connectivity index (χ1v) is 19.8. The summed E-state index contributed by atoms with van der Waals surface area (Å²) < 4.78 is 2.52. The van der Waals surface area contributed by atoms with Gasteiger partial charge in [-0.3, -0.25) is 0 Å². The molecule has 0 saturated carbocycles. The predicted molar refractivity (Wildman–Crippen MR) is 237 cm³/mol. The molecule has 0 amide bonds. The maximum absolute atomic E-state index is 2.52. The Balaban J connectivity index is 1.17. The van der Waals surface area contributed by atoms with Crippen LogP contribution < -0.4 is 4.90 Å². The summed E-state index contributed by atoms with van der Waals surface area (Å²) in [5, 5.41) is 2.56. The van der Waals surface area contributed by atoms with Crippen LogP contribution in [0.2, 0.25) is 0 Å². The van der Waals surface area contributed by atoms with E-state index in [1.54, 1.807) is 0 Å². The summed E-state index contributed by atoms with van der Waals surface area (Å²) >= 11 is 0. The van der Waals surface area contributed by atoms with Crippen molar-refractivity contribution >= 4 is 38.9 Å². The molecule has 0 radical (unpaired) electrons. The van der Waals surface area contributed by atoms with E-state index in [0.29, 0.717) is 0 Å². The normalized spacial score (nSPS) is 14.7. The first-order chi connectivity index (χ1) is 28.3. The van der Waals surface area contributed by atoms with Crippen LogP contribution in [0.15, 0.2) is 218 Å². The summed E-state index contributed by atoms with van der Waals surface area (Å²) in [5.41, 5.74) is 19.1. The molecule has 2 heteroatoms. The Morgan fingerprint density at radius 2 is 0.860 bits per heavy atom. The molecule has 2 heterocycles. The monoisotopic (exact) mass is 724 g/mol. The minimum Gasteiger partial charge on any atom is -0.310 e. The highest BCUT2D eigenvalue weighted by Gasteiger charge is 2.52. The van der Waals surface area contributed by atoms with Crippen LogP contribution in [-0.2, 0) is 5.41 Å². The zero-order valence-corrected chi connectivity index (χ0v) is 31.2. The van der Waals surface area contributed by atoms with Crippen molar-refractivity contribution in [3.05, 3.63) is 241 Å². The SMILES string of the molecule is c1ccc(-c2ccc(N(c3ccc(-c4ccccc4)cc3)c3cccc4c3C3(c5ccccc5-4)c4ccccc4-n4c5ccccc5c5cccc3c54)cc2)cc1. The fraction of sp³-hybridized carbons (Fsp3) is 0.0182. The third-order valence-corrected chi connectivity index (χ3v) is 12.4. The van der Waals surface area contributed by atoms with Gasteiger partial charge in [0, 0.05) is 27.7 Å². The van der Waals surface area contributed by atoms with Crippen molar-refractivity contribution in [1.29, 1.82) is 0 Å². The molecule has 1 aliphatic heterocycles. The second kappa shape index (κ2) is 12.3. The van der Waals surface area contributed by atoms with Crippen LogP contribution in [0.1, 0.15) is 22.3 Å². The highest BCUT2D eigenvalue weighted by Crippen LogP contribution is 2.63. The standard InChI is InChI=1S/C55H36N2/c1-3-15-37(16-4-1)39-29-33-41(34-30-39)56(42-35-31-40(32-36-42)38-17-5-2-6-18-38)52-28-14-21-45-43-19-7-9-23-47(43)55(53(45)52)48-24-10-12-27-51(48)57-50-26-11-8-20-44(50)46-22-13-25-49(55)54(46)57/h1-36H. The van der Waals surface area contributed by atoms with Gasteiger partial charge < -0.3 is 9.47 Å². The van der Waals surface area contributed by atoms with Crippen molar-refractivity contribution in [2.24, 2.45) is 0 Å². The van der Waals surface area contributed by atoms with E-state index in [-0.39, 0.29) is 0 Å². The van der Waals surface area contributed by atoms with Crippen LogP contribution in [0, 0.1) is 0 Å². The van der Waals surface area contributed by atoms with Crippen molar-refractivity contribution < 1.29 is 0 Å². The molecule has 0 saturated heterocycles. The molecule has 12 rings (SSSR count). The van der Waals surface area contributed by atoms with Gasteiger partial charge >= 0.3 is 0 Å². The molecule has 9 aromatic carbocycles. The third-order valence-electron chi connectivity index (χ3n) is 12.4. The molecular formula is C55H36N2. The van der Waals surface area contributed by atoms with Gasteiger partial charge in [0.2, 0.25) is 0 Å². The summed E-state index contributed by atoms with van der Waals surface area (Å²) in [6, 6.07) is 80.5. The molecule has 1 aromatic heterocycles. The summed E-state index contributed by atoms with van der Waals surface area (Å²) in [4.78, 5) is 2.49. The van der Waals surface area contributed by atoms with Crippen LogP contribution >= 0.6 is 0 Å². The number of rotatable bonds is 5. The van der Waals surface area contributed by atoms with E-state index >= 15 is 0 Å². The highest BCUT2D eigenvalue weighted by molar-refractivity contribution is 6.13. The van der Waals surface area contributed by atoms with Crippen molar-refractivity contribution in [1.82, 2.24) is 4.57 Å². The summed E-state index contributed by atoms with van der Waals surface area (Å²) in [6.45, 7) is 0. The van der Waals surface area contributed by atoms with Crippen molar-refractivity contribution in [2.45, 2.75) is 5.41 Å². The van der Waals surface area contributed by atoms with Gasteiger partial charge in [-0.25, -0.2) is 0 Å². The van der Waals surface area contributed by atoms with E-state index in [1.165, 1.54) is 88.8 Å². The molecule has 0 N–H and O–H groups in total. The molecule has 2 aliphatic rings. The topological polar surface area (TPSA) is 8.17 Å². The van der Waals surface area contributed by atoms with Gasteiger partial charge in [-0.1, -0.05) is 176 Å². The minimum absolute atomic E-state index is 0.588. The molecular weight excluding hydrogens is 689 g/mol. The number of aromatic nitrogens is 1. The Kier molecular flexibility index (Phi) is 6.88. The second-order valence-electron chi connectivity index (χ2n) is 15.2. The largest absolute Gasteiger partial charge is 0.310 e. The molecule has 1 unspecified atom stereocenters. The van der Waals surface area contributed by atoms with Crippen molar-refractivity contribution in [2.75, 3.05) is 4.90 Å². The Bertz CT molecular complexity index is 3080. The average molecular weight is 725 g/mol. The molecule has 1 spiro atoms. The number of hydrogen-bond acceptors (Lipinski definition) is 1. The summed E-state index contributed by atoms with van der Waals surface area (Å²) in [7, 11) is 0. The van der Waals surface area contributed by atoms with E-state index in [0.717, 1.165) is 11.4 Å². The zero-order valence-electron chi connectivity index (χ0n) is 31.2. The smallest absolute Gasteiger partial charge is 0.0775 e. The van der Waals surface area contributed by atoms with Crippen molar-refractivity contribution in [3.8, 4) is 39.1 Å². The van der Waals surface area contributed by atoms with Gasteiger partial charge in [0.15, 0.2) is 0 Å². The lowest BCUT2D eigenvalue weighted by Crippen LogP contribution is -2.34. The number of nitrogens with zero attached hydrogens (tertiary/aromatic N) is 2. The van der Waals surface area contributed by atoms with E-state index in [2.05, 4.69) is 228 Å². The fourth-order valence-electron chi connectivity index (χ4n) is 10.1. The lowest BCUT2D eigenvalue weighted by Gasteiger charge is -2.41. The van der Waals surface area contributed by atoms with Crippen LogP contribution in [0.3, 0.4) is 0 Å². The molecule has 266 valence electrons. The second-order valence-corrected chi connectivity index (χ2v) is 15.2. The van der Waals surface area contributed by atoms with Crippen LogP contribution in [0.25, 0.3) is 60.9 Å². The first-order valence-electron chi connectivity index (χ1n) is 19.8. The minimum atomic E-state index is -0.588. The highest BCUT2D eigenvalue weighted by atomic mass is 15.1. The molecule has 10 aromatic rings. The number of anilines is 3. The van der Waals surface area contributed by atoms with Crippen molar-refractivity contribution in [3.63, 3.8) is 0 Å². The first kappa shape index (κ1) is 31.9. The summed E-state index contributed by atoms with van der Waals surface area (Å²) in [6.07, 6.45) is 0. The number of fused-ring (bicyclic) bond motifs is 12. The molecule has 2 nitrogen and oxygen atoms in total. The van der Waals surface area contributed by atoms with Crippen LogP contribution in [0.5, 0.6) is 0 Å². The number of para-hydroxylation sites is 3. The van der Waals surface area contributed by atoms with E-state index < -0.39 is 5.41 Å². The number of benzene rings is 9. The average Bonchev–Trinajstić information content (AvgIpc) is 3.79. The quantitative estimate of drug-likeness (QED) is 0.172. The number of hydrogen-bond donors (Lipinski definition) is 0. The summed E-state index contributed by atoms with van der Waals surface area (Å²) in [5.74, 6) is 0. The van der Waals surface area contributed by atoms with Gasteiger partial charge in [-0.2, -0.15) is 0 Å². The fourth-order valence-corrected chi connectivity index (χ4v) is 10.1. The van der Waals surface area contributed by atoms with E-state index in [1.807, 2.05) is 0 Å². The Hall–Kier alpha value is -7.42. The molecule has 0 fully saturated rings. The third kappa shape index (κ3) is 4.47. The molecule has 1 atom stereocenters. The van der Waals surface area contributed by atoms with E-state index in [4.69, 9.17) is 0 Å². The Labute approximate surface area is 332 Å². The van der Waals surface area contributed by atoms with Crippen LogP contribution in [-0.4, -0.2) is 4.57 Å². The lowest BCUT2D eigenvalue weighted by molar-refractivity contribution is 0.748. The molecule has 1 aliphatic carbocycles. The van der Waals surface area contributed by atoms with Crippen LogP contribution in [0.4, 0.5) is 17.1 Å². The maximum Gasteiger partial charge on any atom is 0.0775 e. The van der Waals surface area contributed by atoms with Gasteiger partial charge in [0.25, 0.3) is 0 Å². The molecule has 0 bridgehead atoms. The van der Waals surface area contributed by atoms with Gasteiger partial charge in [0.05, 0.1) is 27.8 Å². The zero-order chi connectivity index (χ0) is 37.5. The van der Waals surface area contributed by atoms with E-state index in [9.17, 15) is 0 Å². The molecule has 57 heavy (non-hydrogen) atoms. The predicted octanol–water partition coefficient (Wildman–Crippen LogP) is 14.3. The van der Waals surface area contributed by atoms with Gasteiger partial charge in [-0.05, 0) is 92.5 Å². The maximum atomic E-state index is 2.52. The Morgan fingerprint density at radius 1 is 0.351 bits per heavy atom.